The minimum atomic E-state index is -0.716. The number of para-hydroxylation sites is 1. The summed E-state index contributed by atoms with van der Waals surface area (Å²) in [4.78, 5) is 25.0. The Morgan fingerprint density at radius 2 is 1.33 bits per heavy atom. The van der Waals surface area contributed by atoms with Gasteiger partial charge < -0.3 is 9.15 Å². The van der Waals surface area contributed by atoms with Gasteiger partial charge >= 0.3 is 11.6 Å². The number of esters is 1. The molecule has 4 rings (SSSR count). The molecule has 0 saturated heterocycles. The van der Waals surface area contributed by atoms with Crippen LogP contribution in [0.2, 0.25) is 0 Å². The van der Waals surface area contributed by atoms with Gasteiger partial charge in [0.2, 0.25) is 0 Å². The van der Waals surface area contributed by atoms with Gasteiger partial charge in [0, 0.05) is 5.39 Å². The molecule has 0 saturated carbocycles. The summed E-state index contributed by atoms with van der Waals surface area (Å²) in [5, 5.41) is 0.667. The topological polar surface area (TPSA) is 56.5 Å². The van der Waals surface area contributed by atoms with E-state index in [4.69, 9.17) is 9.15 Å². The fraction of sp³-hybridized carbons (Fsp3) is 0.0435. The van der Waals surface area contributed by atoms with Crippen molar-refractivity contribution in [1.29, 1.82) is 0 Å². The Morgan fingerprint density at radius 3 is 1.96 bits per heavy atom. The van der Waals surface area contributed by atoms with Crippen molar-refractivity contribution in [2.24, 2.45) is 0 Å². The average Bonchev–Trinajstić information content (AvgIpc) is 2.72. The normalized spacial score (nSPS) is 10.9. The minimum Gasteiger partial charge on any atom is -0.449 e. The van der Waals surface area contributed by atoms with Gasteiger partial charge in [-0.25, -0.2) is 9.59 Å². The van der Waals surface area contributed by atoms with Crippen molar-refractivity contribution >= 4 is 16.9 Å². The highest BCUT2D eigenvalue weighted by molar-refractivity contribution is 5.93. The molecule has 0 spiro atoms. The van der Waals surface area contributed by atoms with Gasteiger partial charge in [0.05, 0.1) is 0 Å². The zero-order valence-electron chi connectivity index (χ0n) is 14.4. The molecule has 3 aromatic carbocycles. The fourth-order valence-electron chi connectivity index (χ4n) is 2.96. The van der Waals surface area contributed by atoms with Crippen LogP contribution in [0.3, 0.4) is 0 Å². The first-order chi connectivity index (χ1) is 13.2. The van der Waals surface area contributed by atoms with E-state index in [0.29, 0.717) is 11.0 Å². The lowest BCUT2D eigenvalue weighted by molar-refractivity contribution is 0.0373. The third-order valence-electron chi connectivity index (χ3n) is 4.29. The molecule has 0 N–H and O–H groups in total. The second-order valence-electron chi connectivity index (χ2n) is 6.09. The number of carbonyl (C=O) groups is 1. The zero-order valence-corrected chi connectivity index (χ0v) is 14.4. The smallest absolute Gasteiger partial charge is 0.351 e. The van der Waals surface area contributed by atoms with Gasteiger partial charge in [0.25, 0.3) is 0 Å². The van der Waals surface area contributed by atoms with E-state index in [-0.39, 0.29) is 5.56 Å². The van der Waals surface area contributed by atoms with Crippen LogP contribution in [0.1, 0.15) is 27.6 Å². The highest BCUT2D eigenvalue weighted by Gasteiger charge is 2.22. The summed E-state index contributed by atoms with van der Waals surface area (Å²) in [6.07, 6.45) is -0.620. The molecule has 0 aliphatic rings. The van der Waals surface area contributed by atoms with E-state index < -0.39 is 17.7 Å². The quantitative estimate of drug-likeness (QED) is 0.391. The summed E-state index contributed by atoms with van der Waals surface area (Å²) >= 11 is 0. The SMILES string of the molecule is O=C(OC(c1ccccc1)c1ccccc1)c1cc2ccccc2oc1=O. The van der Waals surface area contributed by atoms with E-state index in [1.807, 2.05) is 66.7 Å². The summed E-state index contributed by atoms with van der Waals surface area (Å²) < 4.78 is 11.0. The van der Waals surface area contributed by atoms with Crippen LogP contribution >= 0.6 is 0 Å². The average molecular weight is 356 g/mol. The van der Waals surface area contributed by atoms with Gasteiger partial charge in [-0.15, -0.1) is 0 Å². The van der Waals surface area contributed by atoms with Gasteiger partial charge in [-0.3, -0.25) is 0 Å². The van der Waals surface area contributed by atoms with Gasteiger partial charge in [-0.2, -0.15) is 0 Å². The summed E-state index contributed by atoms with van der Waals surface area (Å²) in [6, 6.07) is 27.4. The Bertz CT molecular complexity index is 1090. The number of hydrogen-bond donors (Lipinski definition) is 0. The fourth-order valence-corrected chi connectivity index (χ4v) is 2.96. The van der Waals surface area contributed by atoms with E-state index in [0.717, 1.165) is 11.1 Å². The minimum absolute atomic E-state index is 0.120. The molecule has 4 aromatic rings. The van der Waals surface area contributed by atoms with Crippen LogP contribution in [0, 0.1) is 0 Å². The Morgan fingerprint density at radius 1 is 0.778 bits per heavy atom. The standard InChI is InChI=1S/C23H16O4/c24-22-19(15-18-13-7-8-14-20(18)26-22)23(25)27-21(16-9-3-1-4-10-16)17-11-5-2-6-12-17/h1-15,21H. The molecule has 0 aliphatic carbocycles. The van der Waals surface area contributed by atoms with Crippen LogP contribution in [0.5, 0.6) is 0 Å². The van der Waals surface area contributed by atoms with Crippen LogP contribution < -0.4 is 5.63 Å². The van der Waals surface area contributed by atoms with Crippen molar-refractivity contribution in [1.82, 2.24) is 0 Å². The van der Waals surface area contributed by atoms with Crippen molar-refractivity contribution in [3.8, 4) is 0 Å². The first-order valence-corrected chi connectivity index (χ1v) is 8.56. The molecule has 27 heavy (non-hydrogen) atoms. The lowest BCUT2D eigenvalue weighted by atomic mass is 10.0. The summed E-state index contributed by atoms with van der Waals surface area (Å²) in [7, 11) is 0. The largest absolute Gasteiger partial charge is 0.449 e. The molecule has 0 fully saturated rings. The highest BCUT2D eigenvalue weighted by atomic mass is 16.5. The maximum Gasteiger partial charge on any atom is 0.351 e. The Labute approximate surface area is 155 Å². The van der Waals surface area contributed by atoms with Gasteiger partial charge in [-0.05, 0) is 23.3 Å². The molecule has 4 nitrogen and oxygen atoms in total. The summed E-state index contributed by atoms with van der Waals surface area (Å²) in [6.45, 7) is 0. The molecule has 1 aromatic heterocycles. The van der Waals surface area contributed by atoms with Gasteiger partial charge in [-0.1, -0.05) is 78.9 Å². The predicted molar refractivity (Wildman–Crippen MR) is 103 cm³/mol. The van der Waals surface area contributed by atoms with E-state index in [1.54, 1.807) is 18.2 Å². The number of fused-ring (bicyclic) bond motifs is 1. The maximum absolute atomic E-state index is 12.8. The Kier molecular flexibility index (Phi) is 4.54. The Hall–Kier alpha value is -3.66. The zero-order chi connectivity index (χ0) is 18.6. The van der Waals surface area contributed by atoms with E-state index >= 15 is 0 Å². The maximum atomic E-state index is 12.8. The molecule has 0 unspecified atom stereocenters. The second kappa shape index (κ2) is 7.30. The van der Waals surface area contributed by atoms with E-state index in [9.17, 15) is 9.59 Å². The molecule has 4 heteroatoms. The van der Waals surface area contributed by atoms with E-state index in [1.165, 1.54) is 6.07 Å². The molecule has 0 radical (unpaired) electrons. The number of benzene rings is 3. The monoisotopic (exact) mass is 356 g/mol. The van der Waals surface area contributed by atoms with Gasteiger partial charge in [0.15, 0.2) is 6.10 Å². The van der Waals surface area contributed by atoms with Crippen molar-refractivity contribution in [3.63, 3.8) is 0 Å². The van der Waals surface area contributed by atoms with Crippen LogP contribution in [-0.2, 0) is 4.74 Å². The van der Waals surface area contributed by atoms with Crippen molar-refractivity contribution < 1.29 is 13.9 Å². The van der Waals surface area contributed by atoms with Gasteiger partial charge in [0.1, 0.15) is 11.1 Å². The number of rotatable bonds is 4. The summed E-state index contributed by atoms with van der Waals surface area (Å²) in [5.74, 6) is -0.716. The van der Waals surface area contributed by atoms with E-state index in [2.05, 4.69) is 0 Å². The summed E-state index contributed by atoms with van der Waals surface area (Å²) in [5.41, 5.74) is 1.25. The molecule has 132 valence electrons. The molecule has 1 heterocycles. The highest BCUT2D eigenvalue weighted by Crippen LogP contribution is 2.27. The van der Waals surface area contributed by atoms with Crippen LogP contribution in [0.4, 0.5) is 0 Å². The second-order valence-corrected chi connectivity index (χ2v) is 6.09. The molecule has 0 bridgehead atoms. The first kappa shape index (κ1) is 16.8. The first-order valence-electron chi connectivity index (χ1n) is 8.56. The van der Waals surface area contributed by atoms with Crippen LogP contribution in [0.25, 0.3) is 11.0 Å². The third kappa shape index (κ3) is 3.51. The molecular formula is C23H16O4. The molecule has 0 aliphatic heterocycles. The lowest BCUT2D eigenvalue weighted by Gasteiger charge is -2.18. The predicted octanol–water partition coefficient (Wildman–Crippen LogP) is 4.74. The molecule has 0 amide bonds. The third-order valence-corrected chi connectivity index (χ3v) is 4.29. The molecule has 0 atom stereocenters. The van der Waals surface area contributed by atoms with Crippen LogP contribution in [-0.4, -0.2) is 5.97 Å². The number of hydrogen-bond acceptors (Lipinski definition) is 4. The van der Waals surface area contributed by atoms with Crippen molar-refractivity contribution in [2.45, 2.75) is 6.10 Å². The van der Waals surface area contributed by atoms with Crippen molar-refractivity contribution in [2.75, 3.05) is 0 Å². The lowest BCUT2D eigenvalue weighted by Crippen LogP contribution is -2.19. The Balaban J connectivity index is 1.72. The number of ether oxygens (including phenoxy) is 1. The molecular weight excluding hydrogens is 340 g/mol. The van der Waals surface area contributed by atoms with Crippen molar-refractivity contribution in [3.05, 3.63) is 118 Å². The van der Waals surface area contributed by atoms with Crippen LogP contribution in [0.15, 0.2) is 100 Å². The number of carbonyl (C=O) groups excluding carboxylic acids is 1.